The topological polar surface area (TPSA) is 92.7 Å². The van der Waals surface area contributed by atoms with Crippen LogP contribution in [0, 0.1) is 24.3 Å². The highest BCUT2D eigenvalue weighted by molar-refractivity contribution is 14.1. The van der Waals surface area contributed by atoms with Crippen LogP contribution in [0.1, 0.15) is 32.9 Å². The largest absolute Gasteiger partial charge is 0.417 e. The van der Waals surface area contributed by atoms with Crippen LogP contribution in [0.15, 0.2) is 29.1 Å². The van der Waals surface area contributed by atoms with E-state index in [9.17, 15) is 22.8 Å². The maximum Gasteiger partial charge on any atom is 0.417 e. The lowest BCUT2D eigenvalue weighted by atomic mass is 10.1. The van der Waals surface area contributed by atoms with Crippen LogP contribution in [-0.2, 0) is 6.18 Å². The maximum atomic E-state index is 13.3. The first kappa shape index (κ1) is 21.0. The molecule has 2 aromatic heterocycles. The van der Waals surface area contributed by atoms with Crippen molar-refractivity contribution < 1.29 is 18.0 Å². The predicted octanol–water partition coefficient (Wildman–Crippen LogP) is 3.76. The molecule has 1 amide bonds. The maximum absolute atomic E-state index is 13.3. The number of aryl methyl sites for hydroxylation is 2. The van der Waals surface area contributed by atoms with Gasteiger partial charge in [-0.25, -0.2) is 4.98 Å². The molecule has 0 aliphatic rings. The summed E-state index contributed by atoms with van der Waals surface area (Å²) in [7, 11) is 0. The lowest BCUT2D eigenvalue weighted by Crippen LogP contribution is -2.23. The molecular weight excluding hydrogens is 502 g/mol. The molecule has 0 bridgehead atoms. The van der Waals surface area contributed by atoms with E-state index in [-0.39, 0.29) is 11.8 Å². The fraction of sp³-hybridized carbons (Fsp3) is 0.222. The third kappa shape index (κ3) is 4.04. The van der Waals surface area contributed by atoms with Crippen molar-refractivity contribution in [1.29, 1.82) is 0 Å². The van der Waals surface area contributed by atoms with Gasteiger partial charge in [-0.05, 0) is 55.5 Å². The average molecular weight is 517 g/mol. The Labute approximate surface area is 176 Å². The Kier molecular flexibility index (Phi) is 5.52. The van der Waals surface area contributed by atoms with Crippen molar-refractivity contribution in [3.63, 3.8) is 0 Å². The Morgan fingerprint density at radius 1 is 1.17 bits per heavy atom. The Bertz CT molecular complexity index is 1170. The molecule has 0 fully saturated rings. The molecule has 0 aliphatic heterocycles. The quantitative estimate of drug-likeness (QED) is 0.518. The standard InChI is InChI=1S/C18H15F3IN5O2/c1-8-9(2)26-27(17-23-10(3)13(22)16(29)25-17)14(8)24-15(28)11-6-4-5-7-12(11)18(19,20)21/h4-7H,1-3H3,(H,24,28)(H,23,25,29). The summed E-state index contributed by atoms with van der Waals surface area (Å²) < 4.78 is 41.4. The van der Waals surface area contributed by atoms with Gasteiger partial charge >= 0.3 is 6.18 Å². The van der Waals surface area contributed by atoms with Crippen molar-refractivity contribution in [2.75, 3.05) is 5.32 Å². The van der Waals surface area contributed by atoms with E-state index < -0.39 is 28.8 Å². The van der Waals surface area contributed by atoms with Crippen molar-refractivity contribution in [2.24, 2.45) is 0 Å². The molecule has 152 valence electrons. The molecule has 1 aromatic carbocycles. The van der Waals surface area contributed by atoms with Crippen LogP contribution >= 0.6 is 22.6 Å². The molecule has 2 heterocycles. The molecule has 0 radical (unpaired) electrons. The number of aromatic nitrogens is 4. The van der Waals surface area contributed by atoms with Crippen molar-refractivity contribution in [1.82, 2.24) is 19.7 Å². The number of alkyl halides is 3. The number of aromatic amines is 1. The minimum atomic E-state index is -4.68. The summed E-state index contributed by atoms with van der Waals surface area (Å²) in [6.07, 6.45) is -4.68. The fourth-order valence-electron chi connectivity index (χ4n) is 2.67. The lowest BCUT2D eigenvalue weighted by Gasteiger charge is -2.14. The van der Waals surface area contributed by atoms with Gasteiger partial charge in [-0.1, -0.05) is 12.1 Å². The van der Waals surface area contributed by atoms with Gasteiger partial charge in [-0.15, -0.1) is 0 Å². The lowest BCUT2D eigenvalue weighted by molar-refractivity contribution is -0.137. The zero-order valence-electron chi connectivity index (χ0n) is 15.5. The van der Waals surface area contributed by atoms with Gasteiger partial charge in [-0.2, -0.15) is 23.0 Å². The Balaban J connectivity index is 2.09. The van der Waals surface area contributed by atoms with Gasteiger partial charge in [-0.3, -0.25) is 14.6 Å². The molecule has 2 N–H and O–H groups in total. The number of H-pyrrole nitrogens is 1. The van der Waals surface area contributed by atoms with Crippen molar-refractivity contribution in [2.45, 2.75) is 26.9 Å². The van der Waals surface area contributed by atoms with Crippen LogP contribution < -0.4 is 10.9 Å². The summed E-state index contributed by atoms with van der Waals surface area (Å²) in [5.41, 5.74) is -0.460. The number of benzene rings is 1. The van der Waals surface area contributed by atoms with E-state index in [2.05, 4.69) is 20.4 Å². The molecule has 11 heteroatoms. The monoisotopic (exact) mass is 517 g/mol. The first-order chi connectivity index (χ1) is 13.5. The Morgan fingerprint density at radius 3 is 2.45 bits per heavy atom. The van der Waals surface area contributed by atoms with Crippen LogP contribution in [0.5, 0.6) is 0 Å². The Morgan fingerprint density at radius 2 is 1.83 bits per heavy atom. The summed E-state index contributed by atoms with van der Waals surface area (Å²) in [6, 6.07) is 4.49. The molecule has 0 aliphatic carbocycles. The number of anilines is 1. The molecule has 0 saturated carbocycles. The number of nitrogens with zero attached hydrogens (tertiary/aromatic N) is 3. The minimum Gasteiger partial charge on any atom is -0.306 e. The highest BCUT2D eigenvalue weighted by atomic mass is 127. The van der Waals surface area contributed by atoms with Crippen LogP contribution in [0.25, 0.3) is 5.95 Å². The fourth-order valence-corrected chi connectivity index (χ4v) is 2.92. The summed E-state index contributed by atoms with van der Waals surface area (Å²) in [5, 5.41) is 6.73. The van der Waals surface area contributed by atoms with Gasteiger partial charge in [0.15, 0.2) is 0 Å². The second-order valence-corrected chi connectivity index (χ2v) is 7.34. The number of hydrogen-bond donors (Lipinski definition) is 2. The zero-order chi connectivity index (χ0) is 21.5. The summed E-state index contributed by atoms with van der Waals surface area (Å²) in [5.74, 6) is -0.788. The summed E-state index contributed by atoms with van der Waals surface area (Å²) in [6.45, 7) is 4.96. The average Bonchev–Trinajstić information content (AvgIpc) is 2.93. The van der Waals surface area contributed by atoms with Crippen LogP contribution in [0.2, 0.25) is 0 Å². The van der Waals surface area contributed by atoms with E-state index in [1.54, 1.807) is 20.8 Å². The third-order valence-corrected chi connectivity index (χ3v) is 5.56. The van der Waals surface area contributed by atoms with E-state index in [0.29, 0.717) is 20.5 Å². The van der Waals surface area contributed by atoms with Crippen LogP contribution in [0.4, 0.5) is 19.0 Å². The number of carbonyl (C=O) groups excluding carboxylic acids is 1. The SMILES string of the molecule is Cc1nn(-c2nc(C)c(I)c(=O)[nH]2)c(NC(=O)c2ccccc2C(F)(F)F)c1C. The zero-order valence-corrected chi connectivity index (χ0v) is 17.6. The molecule has 0 unspecified atom stereocenters. The molecular formula is C18H15F3IN5O2. The molecule has 0 saturated heterocycles. The van der Waals surface area contributed by atoms with E-state index >= 15 is 0 Å². The van der Waals surface area contributed by atoms with Crippen LogP contribution in [-0.4, -0.2) is 25.7 Å². The number of nitrogens with one attached hydrogen (secondary N) is 2. The summed E-state index contributed by atoms with van der Waals surface area (Å²) in [4.78, 5) is 31.6. The van der Waals surface area contributed by atoms with E-state index in [1.165, 1.54) is 16.8 Å². The van der Waals surface area contributed by atoms with E-state index in [1.807, 2.05) is 22.6 Å². The van der Waals surface area contributed by atoms with Gasteiger partial charge < -0.3 is 5.32 Å². The number of amides is 1. The summed E-state index contributed by atoms with van der Waals surface area (Å²) >= 11 is 1.85. The van der Waals surface area contributed by atoms with Crippen molar-refractivity contribution >= 4 is 34.3 Å². The second-order valence-electron chi connectivity index (χ2n) is 6.26. The normalized spacial score (nSPS) is 11.6. The molecule has 0 atom stereocenters. The van der Waals surface area contributed by atoms with E-state index in [4.69, 9.17) is 0 Å². The first-order valence-corrected chi connectivity index (χ1v) is 9.39. The first-order valence-electron chi connectivity index (χ1n) is 8.31. The number of halogens is 4. The predicted molar refractivity (Wildman–Crippen MR) is 108 cm³/mol. The molecule has 3 rings (SSSR count). The van der Waals surface area contributed by atoms with Gasteiger partial charge in [0.05, 0.1) is 26.1 Å². The molecule has 0 spiro atoms. The smallest absolute Gasteiger partial charge is 0.306 e. The second kappa shape index (κ2) is 7.61. The number of hydrogen-bond acceptors (Lipinski definition) is 4. The van der Waals surface area contributed by atoms with Gasteiger partial charge in [0, 0.05) is 5.56 Å². The molecule has 7 nitrogen and oxygen atoms in total. The molecule has 29 heavy (non-hydrogen) atoms. The van der Waals surface area contributed by atoms with Gasteiger partial charge in [0.1, 0.15) is 5.82 Å². The van der Waals surface area contributed by atoms with E-state index in [0.717, 1.165) is 12.1 Å². The minimum absolute atomic E-state index is 0.0449. The number of carbonyl (C=O) groups is 1. The van der Waals surface area contributed by atoms with Gasteiger partial charge in [0.25, 0.3) is 11.5 Å². The van der Waals surface area contributed by atoms with Gasteiger partial charge in [0.2, 0.25) is 5.95 Å². The van der Waals surface area contributed by atoms with Crippen molar-refractivity contribution in [3.05, 3.63) is 66.3 Å². The van der Waals surface area contributed by atoms with Crippen LogP contribution in [0.3, 0.4) is 0 Å². The Hall–Kier alpha value is -2.70. The van der Waals surface area contributed by atoms with Crippen molar-refractivity contribution in [3.8, 4) is 5.95 Å². The number of rotatable bonds is 3. The highest BCUT2D eigenvalue weighted by Crippen LogP contribution is 2.32. The third-order valence-electron chi connectivity index (χ3n) is 4.29. The molecule has 3 aromatic rings. The highest BCUT2D eigenvalue weighted by Gasteiger charge is 2.35.